The molecule has 0 aliphatic rings. The van der Waals surface area contributed by atoms with E-state index in [4.69, 9.17) is 10.5 Å². The van der Waals surface area contributed by atoms with Crippen molar-refractivity contribution in [3.8, 4) is 0 Å². The van der Waals surface area contributed by atoms with Crippen LogP contribution in [0.1, 0.15) is 31.4 Å². The number of ether oxygens (including phenoxy) is 1. The molecular weight excluding hydrogens is 198 g/mol. The molecule has 1 aromatic carbocycles. The van der Waals surface area contributed by atoms with Gasteiger partial charge in [-0.3, -0.25) is 0 Å². The van der Waals surface area contributed by atoms with E-state index < -0.39 is 0 Å². The van der Waals surface area contributed by atoms with E-state index in [0.29, 0.717) is 12.5 Å². The predicted molar refractivity (Wildman–Crippen MR) is 68.3 cm³/mol. The highest BCUT2D eigenvalue weighted by molar-refractivity contribution is 5.23. The standard InChI is InChI=1S/C14H23NO/c1-11(2)7-14(15)9-12-5-4-6-13(8-12)10-16-3/h4-6,8,11,14H,7,9-10,15H2,1-3H3. The van der Waals surface area contributed by atoms with Crippen molar-refractivity contribution in [2.45, 2.75) is 39.3 Å². The molecule has 0 heterocycles. The Morgan fingerprint density at radius 3 is 2.56 bits per heavy atom. The monoisotopic (exact) mass is 221 g/mol. The molecule has 0 saturated heterocycles. The van der Waals surface area contributed by atoms with E-state index in [1.54, 1.807) is 7.11 Å². The van der Waals surface area contributed by atoms with Crippen LogP contribution in [0.3, 0.4) is 0 Å². The first-order valence-electron chi connectivity index (χ1n) is 5.94. The lowest BCUT2D eigenvalue weighted by Gasteiger charge is -2.14. The summed E-state index contributed by atoms with van der Waals surface area (Å²) >= 11 is 0. The minimum Gasteiger partial charge on any atom is -0.380 e. The maximum Gasteiger partial charge on any atom is 0.0713 e. The number of benzene rings is 1. The molecule has 0 aliphatic carbocycles. The van der Waals surface area contributed by atoms with Gasteiger partial charge in [-0.25, -0.2) is 0 Å². The normalized spacial score (nSPS) is 13.1. The summed E-state index contributed by atoms with van der Waals surface area (Å²) in [6.07, 6.45) is 2.03. The lowest BCUT2D eigenvalue weighted by atomic mass is 9.97. The second-order valence-corrected chi connectivity index (χ2v) is 4.85. The average molecular weight is 221 g/mol. The Labute approximate surface area is 98.8 Å². The summed E-state index contributed by atoms with van der Waals surface area (Å²) < 4.78 is 5.12. The first-order chi connectivity index (χ1) is 7.61. The summed E-state index contributed by atoms with van der Waals surface area (Å²) in [7, 11) is 1.72. The van der Waals surface area contributed by atoms with Gasteiger partial charge in [0, 0.05) is 13.2 Å². The average Bonchev–Trinajstić information content (AvgIpc) is 2.17. The van der Waals surface area contributed by atoms with Gasteiger partial charge in [0.05, 0.1) is 6.61 Å². The van der Waals surface area contributed by atoms with Gasteiger partial charge in [-0.2, -0.15) is 0 Å². The van der Waals surface area contributed by atoms with Crippen LogP contribution < -0.4 is 5.73 Å². The van der Waals surface area contributed by atoms with Gasteiger partial charge in [-0.1, -0.05) is 38.1 Å². The molecule has 0 saturated carbocycles. The van der Waals surface area contributed by atoms with E-state index in [-0.39, 0.29) is 6.04 Å². The van der Waals surface area contributed by atoms with E-state index in [1.165, 1.54) is 11.1 Å². The fourth-order valence-electron chi connectivity index (χ4n) is 2.00. The van der Waals surface area contributed by atoms with Gasteiger partial charge in [0.25, 0.3) is 0 Å². The smallest absolute Gasteiger partial charge is 0.0713 e. The van der Waals surface area contributed by atoms with Crippen molar-refractivity contribution in [1.82, 2.24) is 0 Å². The minimum absolute atomic E-state index is 0.262. The molecular formula is C14H23NO. The van der Waals surface area contributed by atoms with E-state index >= 15 is 0 Å². The Morgan fingerprint density at radius 1 is 1.25 bits per heavy atom. The molecule has 1 aromatic rings. The molecule has 0 fully saturated rings. The Balaban J connectivity index is 2.55. The molecule has 0 spiro atoms. The number of hydrogen-bond acceptors (Lipinski definition) is 2. The van der Waals surface area contributed by atoms with Crippen LogP contribution in [-0.4, -0.2) is 13.2 Å². The maximum atomic E-state index is 6.10. The van der Waals surface area contributed by atoms with E-state index in [2.05, 4.69) is 38.1 Å². The van der Waals surface area contributed by atoms with Gasteiger partial charge in [-0.15, -0.1) is 0 Å². The number of hydrogen-bond donors (Lipinski definition) is 1. The highest BCUT2D eigenvalue weighted by Gasteiger charge is 2.06. The van der Waals surface area contributed by atoms with Crippen LogP contribution in [0.2, 0.25) is 0 Å². The summed E-state index contributed by atoms with van der Waals surface area (Å²) in [6.45, 7) is 5.09. The zero-order chi connectivity index (χ0) is 12.0. The zero-order valence-electron chi connectivity index (χ0n) is 10.6. The predicted octanol–water partition coefficient (Wildman–Crippen LogP) is 2.75. The quantitative estimate of drug-likeness (QED) is 0.801. The van der Waals surface area contributed by atoms with Crippen molar-refractivity contribution in [1.29, 1.82) is 0 Å². The lowest BCUT2D eigenvalue weighted by Crippen LogP contribution is -2.24. The molecule has 2 heteroatoms. The van der Waals surface area contributed by atoms with Crippen molar-refractivity contribution in [2.24, 2.45) is 11.7 Å². The van der Waals surface area contributed by atoms with Crippen molar-refractivity contribution >= 4 is 0 Å². The topological polar surface area (TPSA) is 35.2 Å². The van der Waals surface area contributed by atoms with Gasteiger partial charge in [-0.05, 0) is 29.9 Å². The second-order valence-electron chi connectivity index (χ2n) is 4.85. The van der Waals surface area contributed by atoms with Crippen LogP contribution in [0.4, 0.5) is 0 Å². The number of methoxy groups -OCH3 is 1. The van der Waals surface area contributed by atoms with Gasteiger partial charge < -0.3 is 10.5 Å². The lowest BCUT2D eigenvalue weighted by molar-refractivity contribution is 0.185. The van der Waals surface area contributed by atoms with Crippen LogP contribution in [0, 0.1) is 5.92 Å². The van der Waals surface area contributed by atoms with E-state index in [0.717, 1.165) is 12.8 Å². The molecule has 2 nitrogen and oxygen atoms in total. The molecule has 1 rings (SSSR count). The Morgan fingerprint density at radius 2 is 1.94 bits per heavy atom. The molecule has 2 N–H and O–H groups in total. The summed E-state index contributed by atoms with van der Waals surface area (Å²) in [5, 5.41) is 0. The van der Waals surface area contributed by atoms with E-state index in [1.807, 2.05) is 0 Å². The Hall–Kier alpha value is -0.860. The highest BCUT2D eigenvalue weighted by atomic mass is 16.5. The van der Waals surface area contributed by atoms with E-state index in [9.17, 15) is 0 Å². The molecule has 16 heavy (non-hydrogen) atoms. The molecule has 0 radical (unpaired) electrons. The third-order valence-electron chi connectivity index (χ3n) is 2.57. The second kappa shape index (κ2) is 6.66. The summed E-state index contributed by atoms with van der Waals surface area (Å²) in [4.78, 5) is 0. The van der Waals surface area contributed by atoms with Crippen molar-refractivity contribution in [3.05, 3.63) is 35.4 Å². The first-order valence-corrected chi connectivity index (χ1v) is 5.94. The first kappa shape index (κ1) is 13.2. The summed E-state index contributed by atoms with van der Waals surface area (Å²) in [5.74, 6) is 0.664. The fourth-order valence-corrected chi connectivity index (χ4v) is 2.00. The third-order valence-corrected chi connectivity index (χ3v) is 2.57. The molecule has 0 amide bonds. The molecule has 0 aromatic heterocycles. The summed E-state index contributed by atoms with van der Waals surface area (Å²) in [5.41, 5.74) is 8.63. The molecule has 0 bridgehead atoms. The number of rotatable bonds is 6. The van der Waals surface area contributed by atoms with Crippen molar-refractivity contribution < 1.29 is 4.74 Å². The Bertz CT molecular complexity index is 309. The van der Waals surface area contributed by atoms with Crippen molar-refractivity contribution in [3.63, 3.8) is 0 Å². The van der Waals surface area contributed by atoms with Crippen molar-refractivity contribution in [2.75, 3.05) is 7.11 Å². The van der Waals surface area contributed by atoms with Crippen LogP contribution in [-0.2, 0) is 17.8 Å². The van der Waals surface area contributed by atoms with Gasteiger partial charge in [0.2, 0.25) is 0 Å². The zero-order valence-corrected chi connectivity index (χ0v) is 10.6. The van der Waals surface area contributed by atoms with Gasteiger partial charge in [0.15, 0.2) is 0 Å². The third kappa shape index (κ3) is 4.77. The molecule has 0 aliphatic heterocycles. The fraction of sp³-hybridized carbons (Fsp3) is 0.571. The van der Waals surface area contributed by atoms with Crippen LogP contribution in [0.25, 0.3) is 0 Å². The van der Waals surface area contributed by atoms with Gasteiger partial charge >= 0.3 is 0 Å². The highest BCUT2D eigenvalue weighted by Crippen LogP contribution is 2.11. The van der Waals surface area contributed by atoms with Crippen LogP contribution >= 0.6 is 0 Å². The van der Waals surface area contributed by atoms with Gasteiger partial charge in [0.1, 0.15) is 0 Å². The van der Waals surface area contributed by atoms with Crippen LogP contribution in [0.5, 0.6) is 0 Å². The molecule has 1 atom stereocenters. The number of nitrogens with two attached hydrogens (primary N) is 1. The maximum absolute atomic E-state index is 6.10. The molecule has 90 valence electrons. The minimum atomic E-state index is 0.262. The Kier molecular flexibility index (Phi) is 5.50. The molecule has 1 unspecified atom stereocenters. The summed E-state index contributed by atoms with van der Waals surface area (Å²) in [6, 6.07) is 8.74. The van der Waals surface area contributed by atoms with Crippen LogP contribution in [0.15, 0.2) is 24.3 Å². The largest absolute Gasteiger partial charge is 0.380 e. The SMILES string of the molecule is COCc1cccc(CC(N)CC(C)C)c1.